The number of amides is 1. The average Bonchev–Trinajstić information content (AvgIpc) is 3.15. The minimum absolute atomic E-state index is 0.354. The highest BCUT2D eigenvalue weighted by atomic mass is 16.2. The van der Waals surface area contributed by atoms with Crippen LogP contribution in [0.5, 0.6) is 0 Å². The fourth-order valence-electron chi connectivity index (χ4n) is 2.88. The quantitative estimate of drug-likeness (QED) is 0.824. The van der Waals surface area contributed by atoms with E-state index in [9.17, 15) is 4.79 Å². The van der Waals surface area contributed by atoms with Gasteiger partial charge in [-0.15, -0.1) is 0 Å². The summed E-state index contributed by atoms with van der Waals surface area (Å²) in [4.78, 5) is 21.5. The lowest BCUT2D eigenvalue weighted by Crippen LogP contribution is -2.34. The van der Waals surface area contributed by atoms with Crippen LogP contribution < -0.4 is 5.32 Å². The fraction of sp³-hybridized carbons (Fsp3) is 0.733. The van der Waals surface area contributed by atoms with E-state index in [2.05, 4.69) is 20.2 Å². The monoisotopic (exact) mass is 276 g/mol. The van der Waals surface area contributed by atoms with Gasteiger partial charge in [0.2, 0.25) is 5.91 Å². The highest BCUT2D eigenvalue weighted by Gasteiger charge is 2.28. The summed E-state index contributed by atoms with van der Waals surface area (Å²) in [6, 6.07) is 0.470. The Balaban J connectivity index is 1.40. The summed E-state index contributed by atoms with van der Waals surface area (Å²) in [5.74, 6) is 2.17. The van der Waals surface area contributed by atoms with Crippen molar-refractivity contribution in [2.75, 3.05) is 19.6 Å². The number of nitrogens with one attached hydrogen (secondary N) is 2. The number of carbonyl (C=O) groups is 1. The number of H-pyrrole nitrogens is 1. The Labute approximate surface area is 120 Å². The molecule has 1 aliphatic carbocycles. The number of aromatic nitrogens is 2. The van der Waals surface area contributed by atoms with Crippen LogP contribution in [0.2, 0.25) is 0 Å². The van der Waals surface area contributed by atoms with Gasteiger partial charge in [-0.2, -0.15) is 0 Å². The second-order valence-electron chi connectivity index (χ2n) is 6.05. The van der Waals surface area contributed by atoms with E-state index < -0.39 is 0 Å². The van der Waals surface area contributed by atoms with Crippen molar-refractivity contribution in [3.63, 3.8) is 0 Å². The first-order valence-corrected chi connectivity index (χ1v) is 7.80. The maximum atomic E-state index is 12.1. The third-order valence-corrected chi connectivity index (χ3v) is 4.33. The lowest BCUT2D eigenvalue weighted by molar-refractivity contribution is -0.130. The van der Waals surface area contributed by atoms with Crippen LogP contribution in [0.1, 0.15) is 37.9 Å². The number of hydrogen-bond acceptors (Lipinski definition) is 3. The van der Waals surface area contributed by atoms with Crippen LogP contribution in [-0.4, -0.2) is 46.5 Å². The molecule has 0 spiro atoms. The van der Waals surface area contributed by atoms with Crippen molar-refractivity contribution in [3.05, 3.63) is 18.2 Å². The Morgan fingerprint density at radius 3 is 3.00 bits per heavy atom. The van der Waals surface area contributed by atoms with Crippen LogP contribution in [0, 0.1) is 5.92 Å². The lowest BCUT2D eigenvalue weighted by atomic mass is 10.1. The molecule has 5 heteroatoms. The first-order valence-electron chi connectivity index (χ1n) is 7.80. The molecule has 1 aliphatic heterocycles. The number of carbonyl (C=O) groups excluding carboxylic acids is 1. The van der Waals surface area contributed by atoms with Crippen molar-refractivity contribution in [2.45, 2.75) is 44.6 Å². The van der Waals surface area contributed by atoms with E-state index in [0.29, 0.717) is 18.4 Å². The van der Waals surface area contributed by atoms with E-state index >= 15 is 0 Å². The molecule has 1 amide bonds. The summed E-state index contributed by atoms with van der Waals surface area (Å²) in [5, 5.41) is 3.57. The molecule has 0 aromatic carbocycles. The smallest absolute Gasteiger partial charge is 0.222 e. The third-order valence-electron chi connectivity index (χ3n) is 4.33. The van der Waals surface area contributed by atoms with E-state index in [1.807, 2.05) is 6.20 Å². The third kappa shape index (κ3) is 3.82. The van der Waals surface area contributed by atoms with Crippen LogP contribution in [0.4, 0.5) is 0 Å². The normalized spacial score (nSPS) is 23.9. The second-order valence-corrected chi connectivity index (χ2v) is 6.05. The molecule has 1 aromatic rings. The molecule has 110 valence electrons. The molecule has 1 aromatic heterocycles. The number of aromatic amines is 1. The standard InChI is InChI=1S/C15H24N4O/c20-15-4-3-13(6-10-19(15)11-12-1-2-12)16-7-5-14-17-8-9-18-14/h8-9,12-13,16H,1-7,10-11H2,(H,17,18)/t13-/m0/s1. The molecule has 0 unspecified atom stereocenters. The first kappa shape index (κ1) is 13.6. The Morgan fingerprint density at radius 2 is 2.25 bits per heavy atom. The van der Waals surface area contributed by atoms with Crippen LogP contribution >= 0.6 is 0 Å². The molecule has 2 fully saturated rings. The Bertz CT molecular complexity index is 427. The summed E-state index contributed by atoms with van der Waals surface area (Å²) in [6.45, 7) is 2.85. The highest BCUT2D eigenvalue weighted by molar-refractivity contribution is 5.76. The minimum atomic E-state index is 0.354. The van der Waals surface area contributed by atoms with E-state index in [4.69, 9.17) is 0 Å². The molecule has 1 saturated carbocycles. The lowest BCUT2D eigenvalue weighted by Gasteiger charge is -2.20. The number of imidazole rings is 1. The van der Waals surface area contributed by atoms with Gasteiger partial charge in [0.05, 0.1) is 0 Å². The molecule has 2 aliphatic rings. The predicted octanol–water partition coefficient (Wildman–Crippen LogP) is 1.33. The van der Waals surface area contributed by atoms with Gasteiger partial charge in [0.25, 0.3) is 0 Å². The van der Waals surface area contributed by atoms with Gasteiger partial charge in [0.1, 0.15) is 5.82 Å². The molecule has 2 N–H and O–H groups in total. The van der Waals surface area contributed by atoms with E-state index in [1.54, 1.807) is 6.20 Å². The van der Waals surface area contributed by atoms with Crippen LogP contribution in [0.15, 0.2) is 12.4 Å². The Kier molecular flexibility index (Phi) is 4.35. The van der Waals surface area contributed by atoms with Gasteiger partial charge in [0.15, 0.2) is 0 Å². The summed E-state index contributed by atoms with van der Waals surface area (Å²) in [7, 11) is 0. The molecule has 0 radical (unpaired) electrons. The fourth-order valence-corrected chi connectivity index (χ4v) is 2.88. The van der Waals surface area contributed by atoms with E-state index in [0.717, 1.165) is 50.6 Å². The van der Waals surface area contributed by atoms with Crippen LogP contribution in [-0.2, 0) is 11.2 Å². The first-order chi connectivity index (χ1) is 9.81. The largest absolute Gasteiger partial charge is 0.349 e. The molecule has 1 atom stereocenters. The van der Waals surface area contributed by atoms with Crippen molar-refractivity contribution in [3.8, 4) is 0 Å². The minimum Gasteiger partial charge on any atom is -0.349 e. The molecular formula is C15H24N4O. The van der Waals surface area contributed by atoms with Gasteiger partial charge < -0.3 is 15.2 Å². The molecule has 0 bridgehead atoms. The van der Waals surface area contributed by atoms with E-state index in [1.165, 1.54) is 12.8 Å². The van der Waals surface area contributed by atoms with Crippen molar-refractivity contribution in [1.82, 2.24) is 20.2 Å². The van der Waals surface area contributed by atoms with Gasteiger partial charge in [-0.3, -0.25) is 4.79 Å². The molecule has 3 rings (SSSR count). The summed E-state index contributed by atoms with van der Waals surface area (Å²) in [6.07, 6.45) is 9.94. The summed E-state index contributed by atoms with van der Waals surface area (Å²) in [5.41, 5.74) is 0. The van der Waals surface area contributed by atoms with Crippen LogP contribution in [0.3, 0.4) is 0 Å². The van der Waals surface area contributed by atoms with Gasteiger partial charge in [0, 0.05) is 50.9 Å². The predicted molar refractivity (Wildman–Crippen MR) is 77.2 cm³/mol. The Hall–Kier alpha value is -1.36. The van der Waals surface area contributed by atoms with Crippen molar-refractivity contribution in [2.24, 2.45) is 5.92 Å². The highest BCUT2D eigenvalue weighted by Crippen LogP contribution is 2.30. The SMILES string of the molecule is O=C1CC[C@H](NCCc2ncc[nH]2)CCN1CC1CC1. The molecular weight excluding hydrogens is 252 g/mol. The zero-order valence-electron chi connectivity index (χ0n) is 12.0. The molecule has 5 nitrogen and oxygen atoms in total. The zero-order chi connectivity index (χ0) is 13.8. The zero-order valence-corrected chi connectivity index (χ0v) is 12.0. The average molecular weight is 276 g/mol. The van der Waals surface area contributed by atoms with E-state index in [-0.39, 0.29) is 0 Å². The van der Waals surface area contributed by atoms with Gasteiger partial charge >= 0.3 is 0 Å². The summed E-state index contributed by atoms with van der Waals surface area (Å²) >= 11 is 0. The van der Waals surface area contributed by atoms with Gasteiger partial charge in [-0.1, -0.05) is 0 Å². The van der Waals surface area contributed by atoms with Crippen molar-refractivity contribution >= 4 is 5.91 Å². The van der Waals surface area contributed by atoms with Crippen molar-refractivity contribution < 1.29 is 4.79 Å². The molecule has 20 heavy (non-hydrogen) atoms. The maximum absolute atomic E-state index is 12.1. The topological polar surface area (TPSA) is 61.0 Å². The van der Waals surface area contributed by atoms with Gasteiger partial charge in [-0.05, 0) is 31.6 Å². The summed E-state index contributed by atoms with van der Waals surface area (Å²) < 4.78 is 0. The van der Waals surface area contributed by atoms with Gasteiger partial charge in [-0.25, -0.2) is 4.98 Å². The second kappa shape index (κ2) is 6.39. The number of likely N-dealkylation sites (tertiary alicyclic amines) is 1. The molecule has 2 heterocycles. The number of nitrogens with zero attached hydrogens (tertiary/aromatic N) is 2. The van der Waals surface area contributed by atoms with Crippen LogP contribution in [0.25, 0.3) is 0 Å². The Morgan fingerprint density at radius 1 is 1.35 bits per heavy atom. The number of hydrogen-bond donors (Lipinski definition) is 2. The number of rotatable bonds is 6. The maximum Gasteiger partial charge on any atom is 0.222 e. The molecule has 1 saturated heterocycles. The van der Waals surface area contributed by atoms with Crippen molar-refractivity contribution in [1.29, 1.82) is 0 Å².